The summed E-state index contributed by atoms with van der Waals surface area (Å²) in [5.74, 6) is -0.114. The van der Waals surface area contributed by atoms with Crippen LogP contribution in [-0.2, 0) is 9.59 Å². The first-order chi connectivity index (χ1) is 7.57. The number of carboxylic acid groups (broad SMARTS) is 2. The third kappa shape index (κ3) is 8.91. The Kier molecular flexibility index (Phi) is 9.62. The van der Waals surface area contributed by atoms with Crippen LogP contribution in [0.25, 0.3) is 0 Å². The van der Waals surface area contributed by atoms with Crippen molar-refractivity contribution in [2.75, 3.05) is 11.5 Å². The SMILES string of the molecule is CCC(CCSSCCCC(=O)O)C(=O)O. The van der Waals surface area contributed by atoms with Gasteiger partial charge in [0.1, 0.15) is 0 Å². The average Bonchev–Trinajstić information content (AvgIpc) is 2.21. The first-order valence-electron chi connectivity index (χ1n) is 5.27. The molecule has 1 unspecified atom stereocenters. The molecule has 16 heavy (non-hydrogen) atoms. The van der Waals surface area contributed by atoms with E-state index >= 15 is 0 Å². The van der Waals surface area contributed by atoms with E-state index in [4.69, 9.17) is 10.2 Å². The Morgan fingerprint density at radius 3 is 2.31 bits per heavy atom. The second-order valence-electron chi connectivity index (χ2n) is 3.37. The van der Waals surface area contributed by atoms with Gasteiger partial charge in [0.2, 0.25) is 0 Å². The van der Waals surface area contributed by atoms with Gasteiger partial charge in [-0.25, -0.2) is 0 Å². The molecule has 0 aromatic heterocycles. The maximum absolute atomic E-state index is 10.7. The first kappa shape index (κ1) is 15.6. The minimum absolute atomic E-state index is 0.209. The number of carbonyl (C=O) groups is 2. The van der Waals surface area contributed by atoms with E-state index < -0.39 is 11.9 Å². The molecule has 0 saturated carbocycles. The second-order valence-corrected chi connectivity index (χ2v) is 6.08. The van der Waals surface area contributed by atoms with E-state index in [1.165, 1.54) is 0 Å². The zero-order valence-corrected chi connectivity index (χ0v) is 11.0. The quantitative estimate of drug-likeness (QED) is 0.468. The van der Waals surface area contributed by atoms with Gasteiger partial charge in [0.15, 0.2) is 0 Å². The van der Waals surface area contributed by atoms with Crippen LogP contribution in [0.1, 0.15) is 32.6 Å². The molecule has 0 fully saturated rings. The Morgan fingerprint density at radius 2 is 1.81 bits per heavy atom. The van der Waals surface area contributed by atoms with Crippen LogP contribution in [0.3, 0.4) is 0 Å². The van der Waals surface area contributed by atoms with Crippen molar-refractivity contribution >= 4 is 33.5 Å². The Morgan fingerprint density at radius 1 is 1.19 bits per heavy atom. The van der Waals surface area contributed by atoms with Crippen LogP contribution in [0, 0.1) is 5.92 Å². The molecule has 0 aromatic carbocycles. The van der Waals surface area contributed by atoms with Crippen LogP contribution >= 0.6 is 21.6 Å². The summed E-state index contributed by atoms with van der Waals surface area (Å²) in [6.07, 6.45) is 2.23. The normalized spacial score (nSPS) is 12.3. The highest BCUT2D eigenvalue weighted by Crippen LogP contribution is 2.25. The number of rotatable bonds is 10. The Hall–Kier alpha value is -0.360. The maximum Gasteiger partial charge on any atom is 0.306 e. The van der Waals surface area contributed by atoms with Crippen molar-refractivity contribution in [2.45, 2.75) is 32.6 Å². The van der Waals surface area contributed by atoms with Crippen molar-refractivity contribution in [3.63, 3.8) is 0 Å². The van der Waals surface area contributed by atoms with E-state index in [1.54, 1.807) is 21.6 Å². The van der Waals surface area contributed by atoms with E-state index in [-0.39, 0.29) is 12.3 Å². The predicted molar refractivity (Wildman–Crippen MR) is 67.8 cm³/mol. The van der Waals surface area contributed by atoms with Crippen LogP contribution in [0.5, 0.6) is 0 Å². The molecule has 0 aliphatic carbocycles. The van der Waals surface area contributed by atoms with E-state index in [0.717, 1.165) is 11.5 Å². The molecular formula is C10H18O4S2. The fraction of sp³-hybridized carbons (Fsp3) is 0.800. The monoisotopic (exact) mass is 266 g/mol. The summed E-state index contributed by atoms with van der Waals surface area (Å²) in [6.45, 7) is 1.88. The van der Waals surface area contributed by atoms with Gasteiger partial charge in [0.25, 0.3) is 0 Å². The van der Waals surface area contributed by atoms with Gasteiger partial charge < -0.3 is 10.2 Å². The van der Waals surface area contributed by atoms with Gasteiger partial charge in [-0.2, -0.15) is 0 Å². The van der Waals surface area contributed by atoms with Crippen molar-refractivity contribution in [3.8, 4) is 0 Å². The van der Waals surface area contributed by atoms with Crippen molar-refractivity contribution in [2.24, 2.45) is 5.92 Å². The summed E-state index contributed by atoms with van der Waals surface area (Å²) in [4.78, 5) is 20.9. The molecule has 0 radical (unpaired) electrons. The molecule has 94 valence electrons. The summed E-state index contributed by atoms with van der Waals surface area (Å²) in [5, 5.41) is 17.2. The van der Waals surface area contributed by atoms with Crippen LogP contribution in [0.15, 0.2) is 0 Å². The Labute approximate surface area is 104 Å². The predicted octanol–water partition coefficient (Wildman–Crippen LogP) is 2.73. The lowest BCUT2D eigenvalue weighted by atomic mass is 10.0. The molecule has 0 amide bonds. The summed E-state index contributed by atoms with van der Waals surface area (Å²) >= 11 is 0. The van der Waals surface area contributed by atoms with E-state index in [1.807, 2.05) is 6.92 Å². The smallest absolute Gasteiger partial charge is 0.306 e. The summed E-state index contributed by atoms with van der Waals surface area (Å²) in [7, 11) is 3.25. The van der Waals surface area contributed by atoms with Gasteiger partial charge in [0.05, 0.1) is 5.92 Å². The van der Waals surface area contributed by atoms with Crippen molar-refractivity contribution in [1.29, 1.82) is 0 Å². The standard InChI is InChI=1S/C10H18O4S2/c1-2-8(10(13)14)5-7-16-15-6-3-4-9(11)12/h8H,2-7H2,1H3,(H,11,12)(H,13,14). The van der Waals surface area contributed by atoms with Gasteiger partial charge in [-0.15, -0.1) is 0 Å². The molecule has 0 spiro atoms. The highest BCUT2D eigenvalue weighted by molar-refractivity contribution is 8.76. The zero-order chi connectivity index (χ0) is 12.4. The molecule has 0 rings (SSSR count). The third-order valence-corrected chi connectivity index (χ3v) is 4.62. The third-order valence-electron chi connectivity index (χ3n) is 2.09. The number of hydrogen-bond donors (Lipinski definition) is 2. The molecule has 0 bridgehead atoms. The second kappa shape index (κ2) is 9.84. The van der Waals surface area contributed by atoms with Crippen molar-refractivity contribution in [1.82, 2.24) is 0 Å². The van der Waals surface area contributed by atoms with Crippen LogP contribution in [0.4, 0.5) is 0 Å². The van der Waals surface area contributed by atoms with E-state index in [2.05, 4.69) is 0 Å². The Balaban J connectivity index is 3.32. The lowest BCUT2D eigenvalue weighted by Gasteiger charge is -2.08. The summed E-state index contributed by atoms with van der Waals surface area (Å²) in [5.41, 5.74) is 0. The molecule has 0 aliphatic rings. The topological polar surface area (TPSA) is 74.6 Å². The minimum atomic E-state index is -0.762. The average molecular weight is 266 g/mol. The molecule has 1 atom stereocenters. The van der Waals surface area contributed by atoms with E-state index in [0.29, 0.717) is 19.3 Å². The van der Waals surface area contributed by atoms with E-state index in [9.17, 15) is 9.59 Å². The Bertz CT molecular complexity index is 221. The highest BCUT2D eigenvalue weighted by Gasteiger charge is 2.13. The van der Waals surface area contributed by atoms with Crippen LogP contribution < -0.4 is 0 Å². The first-order valence-corrected chi connectivity index (χ1v) is 7.75. The van der Waals surface area contributed by atoms with Gasteiger partial charge in [-0.1, -0.05) is 28.5 Å². The summed E-state index contributed by atoms with van der Waals surface area (Å²) < 4.78 is 0. The molecule has 4 nitrogen and oxygen atoms in total. The van der Waals surface area contributed by atoms with Gasteiger partial charge in [-0.05, 0) is 19.3 Å². The molecular weight excluding hydrogens is 248 g/mol. The van der Waals surface area contributed by atoms with Gasteiger partial charge in [0, 0.05) is 17.9 Å². The van der Waals surface area contributed by atoms with Crippen molar-refractivity contribution in [3.05, 3.63) is 0 Å². The van der Waals surface area contributed by atoms with Gasteiger partial charge >= 0.3 is 11.9 Å². The lowest BCUT2D eigenvalue weighted by Crippen LogP contribution is -2.12. The molecule has 2 N–H and O–H groups in total. The fourth-order valence-electron chi connectivity index (χ4n) is 1.09. The largest absolute Gasteiger partial charge is 0.481 e. The zero-order valence-electron chi connectivity index (χ0n) is 9.35. The molecule has 0 aromatic rings. The fourth-order valence-corrected chi connectivity index (χ4v) is 3.32. The highest BCUT2D eigenvalue weighted by atomic mass is 33.1. The molecule has 6 heteroatoms. The lowest BCUT2D eigenvalue weighted by molar-refractivity contribution is -0.142. The summed E-state index contributed by atoms with van der Waals surface area (Å²) in [6, 6.07) is 0. The molecule has 0 saturated heterocycles. The van der Waals surface area contributed by atoms with Gasteiger partial charge in [-0.3, -0.25) is 9.59 Å². The number of hydrogen-bond acceptors (Lipinski definition) is 4. The van der Waals surface area contributed by atoms with Crippen LogP contribution in [-0.4, -0.2) is 33.7 Å². The van der Waals surface area contributed by atoms with Crippen molar-refractivity contribution < 1.29 is 19.8 Å². The van der Waals surface area contributed by atoms with Crippen LogP contribution in [0.2, 0.25) is 0 Å². The molecule has 0 heterocycles. The molecule has 0 aliphatic heterocycles. The number of aliphatic carboxylic acids is 2. The minimum Gasteiger partial charge on any atom is -0.481 e. The number of carboxylic acids is 2. The maximum atomic E-state index is 10.7.